The van der Waals surface area contributed by atoms with Gasteiger partial charge in [-0.15, -0.1) is 0 Å². The average molecular weight is 274 g/mol. The van der Waals surface area contributed by atoms with Crippen molar-refractivity contribution in [2.45, 2.75) is 39.1 Å². The molecule has 1 aliphatic carbocycles. The summed E-state index contributed by atoms with van der Waals surface area (Å²) in [5, 5.41) is 6.55. The minimum absolute atomic E-state index is 0.261. The van der Waals surface area contributed by atoms with Crippen LogP contribution in [0.5, 0.6) is 0 Å². The first-order valence-electron chi connectivity index (χ1n) is 8.15. The second-order valence-corrected chi connectivity index (χ2v) is 4.84. The van der Waals surface area contributed by atoms with Gasteiger partial charge in [-0.2, -0.15) is 4.98 Å². The maximum atomic E-state index is 11.6. The Morgan fingerprint density at radius 2 is 2.50 bits per heavy atom. The van der Waals surface area contributed by atoms with Gasteiger partial charge < -0.3 is 9.84 Å². The summed E-state index contributed by atoms with van der Waals surface area (Å²) in [6, 6.07) is 5.47. The van der Waals surface area contributed by atoms with Crippen LogP contribution in [0.2, 0.25) is 0 Å². The van der Waals surface area contributed by atoms with Gasteiger partial charge in [-0.25, -0.2) is 0 Å². The molecule has 1 amide bonds. The van der Waals surface area contributed by atoms with Crippen LogP contribution in [0.3, 0.4) is 0 Å². The van der Waals surface area contributed by atoms with Crippen LogP contribution in [0.4, 0.5) is 0 Å². The van der Waals surface area contributed by atoms with Crippen molar-refractivity contribution in [3.63, 3.8) is 0 Å². The number of benzene rings is 1. The number of aryl methyl sites for hydroxylation is 2. The number of amides is 1. The molecule has 20 heavy (non-hydrogen) atoms. The van der Waals surface area contributed by atoms with E-state index in [1.807, 2.05) is 25.1 Å². The highest BCUT2D eigenvalue weighted by Crippen LogP contribution is 2.33. The van der Waals surface area contributed by atoms with Crippen LogP contribution >= 0.6 is 0 Å². The lowest BCUT2D eigenvalue weighted by Crippen LogP contribution is -2.24. The molecular weight excluding hydrogens is 254 g/mol. The molecule has 0 bridgehead atoms. The second kappa shape index (κ2) is 5.07. The molecule has 0 unspecified atom stereocenters. The molecule has 0 fully saturated rings. The fourth-order valence-electron chi connectivity index (χ4n) is 2.58. The van der Waals surface area contributed by atoms with Gasteiger partial charge in [0.1, 0.15) is 0 Å². The lowest BCUT2D eigenvalue weighted by Gasteiger charge is -2.12. The number of rotatable bonds is 3. The third-order valence-corrected chi connectivity index (χ3v) is 3.55. The number of fused-ring (bicyclic) bond motifs is 1. The van der Waals surface area contributed by atoms with E-state index < -0.39 is 12.8 Å². The molecule has 1 aromatic carbocycles. The summed E-state index contributed by atoms with van der Waals surface area (Å²) in [6.07, 6.45) is 2.14. The molecule has 0 saturated carbocycles. The molecule has 0 aliphatic heterocycles. The van der Waals surface area contributed by atoms with Crippen LogP contribution in [-0.2, 0) is 17.6 Å². The Bertz CT molecular complexity index is 740. The molecule has 1 N–H and O–H groups in total. The van der Waals surface area contributed by atoms with Gasteiger partial charge in [0.25, 0.3) is 0 Å². The highest BCUT2D eigenvalue weighted by atomic mass is 16.5. The fourth-order valence-corrected chi connectivity index (χ4v) is 2.58. The Balaban J connectivity index is 1.81. The lowest BCUT2D eigenvalue weighted by atomic mass is 10.0. The van der Waals surface area contributed by atoms with E-state index in [9.17, 15) is 4.79 Å². The number of carbonyl (C=O) groups excluding carboxylic acids is 1. The van der Waals surface area contributed by atoms with Crippen molar-refractivity contribution in [3.8, 4) is 11.4 Å². The van der Waals surface area contributed by atoms with Gasteiger partial charge in [0.05, 0.1) is 6.04 Å². The number of aromatic nitrogens is 2. The predicted molar refractivity (Wildman–Crippen MR) is 74.0 cm³/mol. The van der Waals surface area contributed by atoms with E-state index in [1.165, 1.54) is 0 Å². The van der Waals surface area contributed by atoms with E-state index >= 15 is 0 Å². The highest BCUT2D eigenvalue weighted by Gasteiger charge is 2.23. The van der Waals surface area contributed by atoms with Gasteiger partial charge in [-0.3, -0.25) is 4.79 Å². The Morgan fingerprint density at radius 1 is 1.60 bits per heavy atom. The smallest absolute Gasteiger partial charge is 0.226 e. The Labute approximate surface area is 121 Å². The van der Waals surface area contributed by atoms with Crippen LogP contribution in [0.1, 0.15) is 47.4 Å². The molecule has 0 saturated heterocycles. The van der Waals surface area contributed by atoms with E-state index in [2.05, 4.69) is 15.5 Å². The summed E-state index contributed by atoms with van der Waals surface area (Å²) in [5.41, 5.74) is 2.88. The molecule has 104 valence electrons. The quantitative estimate of drug-likeness (QED) is 0.933. The predicted octanol–water partition coefficient (Wildman–Crippen LogP) is 2.42. The SMILES string of the molecule is [2H]C([2H])([2H])C(=O)N[C@@H]1CCc2cc(-c3noc(CC)n3)ccc21. The van der Waals surface area contributed by atoms with Crippen molar-refractivity contribution in [2.75, 3.05) is 0 Å². The average Bonchev–Trinajstić information content (AvgIpc) is 3.13. The number of hydrogen-bond acceptors (Lipinski definition) is 4. The second-order valence-electron chi connectivity index (χ2n) is 4.84. The first-order chi connectivity index (χ1) is 10.9. The topological polar surface area (TPSA) is 68.0 Å². The number of nitrogens with one attached hydrogen (secondary N) is 1. The van der Waals surface area contributed by atoms with Crippen molar-refractivity contribution in [3.05, 3.63) is 35.2 Å². The number of carbonyl (C=O) groups is 1. The van der Waals surface area contributed by atoms with Crippen molar-refractivity contribution < 1.29 is 13.4 Å². The van der Waals surface area contributed by atoms with Crippen molar-refractivity contribution >= 4 is 5.91 Å². The van der Waals surface area contributed by atoms with Crippen molar-refractivity contribution in [1.29, 1.82) is 0 Å². The van der Waals surface area contributed by atoms with Gasteiger partial charge in [0, 0.05) is 22.9 Å². The molecule has 5 nitrogen and oxygen atoms in total. The van der Waals surface area contributed by atoms with Crippen LogP contribution in [0.25, 0.3) is 11.4 Å². The third kappa shape index (κ3) is 2.31. The molecule has 1 heterocycles. The summed E-state index contributed by atoms with van der Waals surface area (Å²) < 4.78 is 26.6. The Hall–Kier alpha value is -2.17. The normalized spacial score (nSPS) is 19.9. The van der Waals surface area contributed by atoms with Gasteiger partial charge >= 0.3 is 0 Å². The third-order valence-electron chi connectivity index (χ3n) is 3.55. The summed E-state index contributed by atoms with van der Waals surface area (Å²) >= 11 is 0. The van der Waals surface area contributed by atoms with Crippen LogP contribution in [0.15, 0.2) is 22.7 Å². The van der Waals surface area contributed by atoms with E-state index in [4.69, 9.17) is 8.64 Å². The molecule has 1 aliphatic rings. The largest absolute Gasteiger partial charge is 0.350 e. The molecule has 0 radical (unpaired) electrons. The van der Waals surface area contributed by atoms with E-state index in [-0.39, 0.29) is 6.04 Å². The minimum atomic E-state index is -2.62. The highest BCUT2D eigenvalue weighted by molar-refractivity contribution is 5.73. The lowest BCUT2D eigenvalue weighted by molar-refractivity contribution is -0.119. The summed E-state index contributed by atoms with van der Waals surface area (Å²) in [4.78, 5) is 16.0. The zero-order valence-corrected chi connectivity index (χ0v) is 11.1. The zero-order chi connectivity index (χ0) is 16.6. The van der Waals surface area contributed by atoms with E-state index in [1.54, 1.807) is 0 Å². The molecule has 1 atom stereocenters. The van der Waals surface area contributed by atoms with Gasteiger partial charge in [-0.05, 0) is 30.0 Å². The fraction of sp³-hybridized carbons (Fsp3) is 0.400. The van der Waals surface area contributed by atoms with Crippen LogP contribution in [0, 0.1) is 0 Å². The molecular formula is C15H17N3O2. The Kier molecular flexibility index (Phi) is 2.46. The van der Waals surface area contributed by atoms with Gasteiger partial charge in [0.15, 0.2) is 0 Å². The maximum Gasteiger partial charge on any atom is 0.226 e. The zero-order valence-electron chi connectivity index (χ0n) is 14.1. The van der Waals surface area contributed by atoms with Crippen molar-refractivity contribution in [1.82, 2.24) is 15.5 Å². The first-order valence-corrected chi connectivity index (χ1v) is 6.65. The molecule has 3 rings (SSSR count). The standard InChI is InChI=1S/C15H17N3O2/c1-3-14-17-15(18-20-14)11-4-6-12-10(8-11)5-7-13(12)16-9(2)19/h4,6,8,13H,3,5,7H2,1-2H3,(H,16,19)/t13-/m1/s1/i2D3. The van der Waals surface area contributed by atoms with Crippen LogP contribution < -0.4 is 5.32 Å². The monoisotopic (exact) mass is 274 g/mol. The number of nitrogens with zero attached hydrogens (tertiary/aromatic N) is 2. The van der Waals surface area contributed by atoms with E-state index in [0.717, 1.165) is 23.1 Å². The first kappa shape index (κ1) is 9.69. The maximum absolute atomic E-state index is 11.6. The molecule has 1 aromatic heterocycles. The van der Waals surface area contributed by atoms with E-state index in [0.29, 0.717) is 24.6 Å². The van der Waals surface area contributed by atoms with Crippen LogP contribution in [-0.4, -0.2) is 16.0 Å². The van der Waals surface area contributed by atoms with Gasteiger partial charge in [-0.1, -0.05) is 24.2 Å². The van der Waals surface area contributed by atoms with Gasteiger partial charge in [0.2, 0.25) is 17.6 Å². The van der Waals surface area contributed by atoms with Crippen molar-refractivity contribution in [2.24, 2.45) is 0 Å². The summed E-state index contributed by atoms with van der Waals surface area (Å²) in [7, 11) is 0. The summed E-state index contributed by atoms with van der Waals surface area (Å²) in [5.74, 6) is 0.216. The number of hydrogen-bond donors (Lipinski definition) is 1. The minimum Gasteiger partial charge on any atom is -0.350 e. The Morgan fingerprint density at radius 3 is 3.25 bits per heavy atom. The molecule has 5 heteroatoms. The molecule has 2 aromatic rings. The molecule has 0 spiro atoms. The summed E-state index contributed by atoms with van der Waals surface area (Å²) in [6.45, 7) is -0.678.